The lowest BCUT2D eigenvalue weighted by molar-refractivity contribution is -0.113. The molecule has 1 N–H and O–H groups in total. The molecule has 0 aliphatic heterocycles. The van der Waals surface area contributed by atoms with Gasteiger partial charge in [-0.15, -0.1) is 10.2 Å². The van der Waals surface area contributed by atoms with Crippen molar-refractivity contribution in [2.24, 2.45) is 7.05 Å². The molecule has 0 radical (unpaired) electrons. The van der Waals surface area contributed by atoms with Gasteiger partial charge in [0.15, 0.2) is 11.0 Å². The summed E-state index contributed by atoms with van der Waals surface area (Å²) in [4.78, 5) is 12.1. The summed E-state index contributed by atoms with van der Waals surface area (Å²) in [5, 5.41) is 12.1. The van der Waals surface area contributed by atoms with Gasteiger partial charge in [-0.05, 0) is 36.4 Å². The number of anilines is 1. The maximum atomic E-state index is 13.0. The summed E-state index contributed by atoms with van der Waals surface area (Å²) in [7, 11) is 1.78. The van der Waals surface area contributed by atoms with E-state index < -0.39 is 0 Å². The number of nitrogens with one attached hydrogen (secondary N) is 1. The molecule has 0 saturated carbocycles. The monoisotopic (exact) mass is 410 g/mol. The van der Waals surface area contributed by atoms with Crippen molar-refractivity contribution in [1.82, 2.24) is 14.8 Å². The standard InChI is InChI=1S/C17H13Cl2FN4OS/c1-24-16(10-5-7-11(20)8-6-10)22-23-17(24)26-9-14(25)21-13-4-2-3-12(18)15(13)19/h2-8H,9H2,1H3,(H,21,25). The first-order chi connectivity index (χ1) is 12.5. The number of carbonyl (C=O) groups excluding carboxylic acids is 1. The summed E-state index contributed by atoms with van der Waals surface area (Å²) in [6, 6.07) is 11.0. The highest BCUT2D eigenvalue weighted by Crippen LogP contribution is 2.30. The number of halogens is 3. The Bertz CT molecular complexity index is 946. The highest BCUT2D eigenvalue weighted by atomic mass is 35.5. The van der Waals surface area contributed by atoms with E-state index in [0.717, 1.165) is 5.56 Å². The molecule has 3 rings (SSSR count). The molecule has 26 heavy (non-hydrogen) atoms. The van der Waals surface area contributed by atoms with Crippen molar-refractivity contribution in [1.29, 1.82) is 0 Å². The Morgan fingerprint density at radius 2 is 1.92 bits per heavy atom. The van der Waals surface area contributed by atoms with E-state index in [1.165, 1.54) is 23.9 Å². The first-order valence-corrected chi connectivity index (χ1v) is 9.22. The zero-order valence-electron chi connectivity index (χ0n) is 13.5. The van der Waals surface area contributed by atoms with Crippen LogP contribution in [0.4, 0.5) is 10.1 Å². The van der Waals surface area contributed by atoms with Crippen LogP contribution in [0, 0.1) is 5.82 Å². The molecule has 0 fully saturated rings. The normalized spacial score (nSPS) is 10.8. The highest BCUT2D eigenvalue weighted by Gasteiger charge is 2.14. The number of rotatable bonds is 5. The second-order valence-electron chi connectivity index (χ2n) is 5.31. The number of hydrogen-bond acceptors (Lipinski definition) is 4. The molecule has 3 aromatic rings. The average molecular weight is 411 g/mol. The summed E-state index contributed by atoms with van der Waals surface area (Å²) in [5.74, 6) is 0.149. The summed E-state index contributed by atoms with van der Waals surface area (Å²) >= 11 is 13.2. The Kier molecular flexibility index (Phi) is 5.80. The van der Waals surface area contributed by atoms with E-state index in [1.807, 2.05) is 0 Å². The molecule has 0 unspecified atom stereocenters. The van der Waals surface area contributed by atoms with Crippen molar-refractivity contribution in [3.8, 4) is 11.4 Å². The van der Waals surface area contributed by atoms with Gasteiger partial charge in [-0.1, -0.05) is 41.0 Å². The zero-order chi connectivity index (χ0) is 18.7. The van der Waals surface area contributed by atoms with Crippen LogP contribution < -0.4 is 5.32 Å². The molecule has 0 saturated heterocycles. The molecule has 9 heteroatoms. The van der Waals surface area contributed by atoms with Crippen molar-refractivity contribution in [2.45, 2.75) is 5.16 Å². The van der Waals surface area contributed by atoms with Crippen molar-refractivity contribution in [3.63, 3.8) is 0 Å². The molecule has 0 aliphatic rings. The van der Waals surface area contributed by atoms with E-state index in [-0.39, 0.29) is 17.5 Å². The minimum Gasteiger partial charge on any atom is -0.324 e. The number of nitrogens with zero attached hydrogens (tertiary/aromatic N) is 3. The zero-order valence-corrected chi connectivity index (χ0v) is 15.9. The van der Waals surface area contributed by atoms with E-state index in [4.69, 9.17) is 23.2 Å². The third kappa shape index (κ3) is 4.17. The Hall–Kier alpha value is -2.09. The van der Waals surface area contributed by atoms with E-state index in [2.05, 4.69) is 15.5 Å². The van der Waals surface area contributed by atoms with Crippen molar-refractivity contribution < 1.29 is 9.18 Å². The van der Waals surface area contributed by atoms with Crippen LogP contribution in [0.25, 0.3) is 11.4 Å². The Balaban J connectivity index is 1.66. The lowest BCUT2D eigenvalue weighted by atomic mass is 10.2. The Morgan fingerprint density at radius 3 is 2.65 bits per heavy atom. The van der Waals surface area contributed by atoms with Crippen molar-refractivity contribution in [2.75, 3.05) is 11.1 Å². The Morgan fingerprint density at radius 1 is 1.19 bits per heavy atom. The summed E-state index contributed by atoms with van der Waals surface area (Å²) < 4.78 is 14.8. The van der Waals surface area contributed by atoms with Gasteiger partial charge >= 0.3 is 0 Å². The molecule has 0 atom stereocenters. The van der Waals surface area contributed by atoms with Gasteiger partial charge in [0.05, 0.1) is 21.5 Å². The predicted molar refractivity (Wildman–Crippen MR) is 102 cm³/mol. The number of amides is 1. The average Bonchev–Trinajstić information content (AvgIpc) is 2.99. The van der Waals surface area contributed by atoms with Gasteiger partial charge in [0, 0.05) is 12.6 Å². The van der Waals surface area contributed by atoms with Crippen LogP contribution in [0.15, 0.2) is 47.6 Å². The van der Waals surface area contributed by atoms with E-state index in [1.54, 1.807) is 41.9 Å². The molecule has 0 aliphatic carbocycles. The van der Waals surface area contributed by atoms with E-state index in [9.17, 15) is 9.18 Å². The van der Waals surface area contributed by atoms with Crippen LogP contribution in [0.5, 0.6) is 0 Å². The summed E-state index contributed by atoms with van der Waals surface area (Å²) in [6.45, 7) is 0. The molecule has 5 nitrogen and oxygen atoms in total. The fourth-order valence-corrected chi connectivity index (χ4v) is 3.27. The van der Waals surface area contributed by atoms with Crippen LogP contribution in [0.2, 0.25) is 10.0 Å². The quantitative estimate of drug-likeness (QED) is 0.621. The first kappa shape index (κ1) is 18.7. The van der Waals surface area contributed by atoms with Crippen LogP contribution in [-0.2, 0) is 11.8 Å². The maximum absolute atomic E-state index is 13.0. The van der Waals surface area contributed by atoms with Crippen LogP contribution in [0.1, 0.15) is 0 Å². The van der Waals surface area contributed by atoms with Crippen molar-refractivity contribution in [3.05, 3.63) is 58.3 Å². The predicted octanol–water partition coefficient (Wildman–Crippen LogP) is 4.66. The van der Waals surface area contributed by atoms with Crippen LogP contribution >= 0.6 is 35.0 Å². The molecular weight excluding hydrogens is 398 g/mol. The number of benzene rings is 2. The van der Waals surface area contributed by atoms with E-state index >= 15 is 0 Å². The number of aromatic nitrogens is 3. The van der Waals surface area contributed by atoms with E-state index in [0.29, 0.717) is 26.7 Å². The highest BCUT2D eigenvalue weighted by molar-refractivity contribution is 7.99. The molecule has 1 aromatic heterocycles. The van der Waals surface area contributed by atoms with Crippen LogP contribution in [-0.4, -0.2) is 26.4 Å². The number of carbonyl (C=O) groups is 1. The van der Waals surface area contributed by atoms with Gasteiger partial charge in [-0.3, -0.25) is 4.79 Å². The smallest absolute Gasteiger partial charge is 0.234 e. The third-order valence-corrected chi connectivity index (χ3v) is 5.33. The van der Waals surface area contributed by atoms with Gasteiger partial charge in [-0.25, -0.2) is 4.39 Å². The molecular formula is C17H13Cl2FN4OS. The largest absolute Gasteiger partial charge is 0.324 e. The van der Waals surface area contributed by atoms with Crippen LogP contribution in [0.3, 0.4) is 0 Å². The summed E-state index contributed by atoms with van der Waals surface area (Å²) in [5.41, 5.74) is 1.19. The molecule has 1 heterocycles. The minimum atomic E-state index is -0.318. The van der Waals surface area contributed by atoms with Crippen molar-refractivity contribution >= 4 is 46.6 Å². The lowest BCUT2D eigenvalue weighted by Crippen LogP contribution is -2.14. The fourth-order valence-electron chi connectivity index (χ4n) is 2.21. The molecule has 2 aromatic carbocycles. The molecule has 1 amide bonds. The third-order valence-electron chi connectivity index (χ3n) is 3.50. The molecule has 0 spiro atoms. The molecule has 0 bridgehead atoms. The van der Waals surface area contributed by atoms with Gasteiger partial charge in [-0.2, -0.15) is 0 Å². The SMILES string of the molecule is Cn1c(SCC(=O)Nc2cccc(Cl)c2Cl)nnc1-c1ccc(F)cc1. The molecule has 134 valence electrons. The van der Waals surface area contributed by atoms with Gasteiger partial charge in [0.1, 0.15) is 5.82 Å². The van der Waals surface area contributed by atoms with Gasteiger partial charge < -0.3 is 9.88 Å². The van der Waals surface area contributed by atoms with Gasteiger partial charge in [0.2, 0.25) is 5.91 Å². The van der Waals surface area contributed by atoms with Gasteiger partial charge in [0.25, 0.3) is 0 Å². The first-order valence-electron chi connectivity index (χ1n) is 7.47. The number of thioether (sulfide) groups is 1. The summed E-state index contributed by atoms with van der Waals surface area (Å²) in [6.07, 6.45) is 0. The topological polar surface area (TPSA) is 59.8 Å². The fraction of sp³-hybridized carbons (Fsp3) is 0.118. The lowest BCUT2D eigenvalue weighted by Gasteiger charge is -2.08. The Labute approximate surface area is 163 Å². The second-order valence-corrected chi connectivity index (χ2v) is 7.04. The minimum absolute atomic E-state index is 0.123. The number of hydrogen-bond donors (Lipinski definition) is 1. The second kappa shape index (κ2) is 8.07. The maximum Gasteiger partial charge on any atom is 0.234 e.